The van der Waals surface area contributed by atoms with Crippen molar-refractivity contribution >= 4 is 5.97 Å². The maximum atomic E-state index is 12.1. The van der Waals surface area contributed by atoms with E-state index in [0.717, 1.165) is 24.0 Å². The predicted octanol–water partition coefficient (Wildman–Crippen LogP) is 2.84. The van der Waals surface area contributed by atoms with Gasteiger partial charge >= 0.3 is 5.97 Å². The lowest BCUT2D eigenvalue weighted by atomic mass is 9.84. The average molecular weight is 264 g/mol. The summed E-state index contributed by atoms with van der Waals surface area (Å²) in [5.74, 6) is -0.184. The number of aliphatic hydroxyl groups is 1. The maximum Gasteiger partial charge on any atom is 0.315 e. The van der Waals surface area contributed by atoms with Crippen LogP contribution in [0.4, 0.5) is 0 Å². The fraction of sp³-hybridized carbons (Fsp3) is 0.562. The molecule has 3 nitrogen and oxygen atoms in total. The van der Waals surface area contributed by atoms with Crippen LogP contribution in [-0.2, 0) is 21.4 Å². The summed E-state index contributed by atoms with van der Waals surface area (Å²) in [5.41, 5.74) is 1.38. The smallest absolute Gasteiger partial charge is 0.315 e. The van der Waals surface area contributed by atoms with Gasteiger partial charge in [-0.2, -0.15) is 0 Å². The summed E-state index contributed by atoms with van der Waals surface area (Å²) >= 11 is 0. The van der Waals surface area contributed by atoms with Gasteiger partial charge in [-0.25, -0.2) is 0 Å². The van der Waals surface area contributed by atoms with Crippen molar-refractivity contribution in [3.63, 3.8) is 0 Å². The number of unbranched alkanes of at least 4 members (excludes halogenated alkanes) is 1. The Balaban J connectivity index is 2.72. The molecule has 0 aliphatic carbocycles. The Morgan fingerprint density at radius 3 is 2.42 bits per heavy atom. The van der Waals surface area contributed by atoms with Gasteiger partial charge in [0.2, 0.25) is 0 Å². The molecule has 0 unspecified atom stereocenters. The summed E-state index contributed by atoms with van der Waals surface area (Å²) in [6, 6.07) is 7.78. The maximum absolute atomic E-state index is 12.1. The molecule has 3 heteroatoms. The zero-order valence-corrected chi connectivity index (χ0v) is 12.1. The molecule has 0 fully saturated rings. The lowest BCUT2D eigenvalue weighted by Crippen LogP contribution is -2.31. The summed E-state index contributed by atoms with van der Waals surface area (Å²) in [6.45, 7) is 6.45. The Morgan fingerprint density at radius 2 is 1.89 bits per heavy atom. The third-order valence-electron chi connectivity index (χ3n) is 3.32. The number of hydrogen-bond acceptors (Lipinski definition) is 3. The molecular weight excluding hydrogens is 240 g/mol. The normalized spacial score (nSPS) is 11.4. The van der Waals surface area contributed by atoms with Gasteiger partial charge in [0, 0.05) is 6.61 Å². The van der Waals surface area contributed by atoms with Gasteiger partial charge in [0.15, 0.2) is 0 Å². The number of benzene rings is 1. The van der Waals surface area contributed by atoms with Gasteiger partial charge in [0.05, 0.1) is 12.0 Å². The molecule has 0 saturated heterocycles. The third kappa shape index (κ3) is 4.35. The van der Waals surface area contributed by atoms with Gasteiger partial charge in [-0.3, -0.25) is 4.79 Å². The quantitative estimate of drug-likeness (QED) is 0.608. The van der Waals surface area contributed by atoms with Crippen LogP contribution in [0.5, 0.6) is 0 Å². The van der Waals surface area contributed by atoms with E-state index in [2.05, 4.69) is 6.92 Å². The number of carbonyl (C=O) groups is 1. The third-order valence-corrected chi connectivity index (χ3v) is 3.32. The van der Waals surface area contributed by atoms with Crippen LogP contribution >= 0.6 is 0 Å². The number of aliphatic hydroxyl groups excluding tert-OH is 1. The van der Waals surface area contributed by atoms with Gasteiger partial charge in [0.25, 0.3) is 0 Å². The second kappa shape index (κ2) is 7.29. The Hall–Kier alpha value is -1.35. The molecule has 0 atom stereocenters. The fourth-order valence-electron chi connectivity index (χ4n) is 1.82. The summed E-state index contributed by atoms with van der Waals surface area (Å²) in [5, 5.41) is 8.88. The number of rotatable bonds is 7. The first-order chi connectivity index (χ1) is 9.02. The van der Waals surface area contributed by atoms with E-state index in [0.29, 0.717) is 13.0 Å². The van der Waals surface area contributed by atoms with E-state index in [4.69, 9.17) is 9.84 Å². The Morgan fingerprint density at radius 1 is 1.26 bits per heavy atom. The molecule has 0 aromatic heterocycles. The summed E-state index contributed by atoms with van der Waals surface area (Å²) in [4.78, 5) is 12.1. The molecule has 1 N–H and O–H groups in total. The van der Waals surface area contributed by atoms with Gasteiger partial charge < -0.3 is 9.84 Å². The van der Waals surface area contributed by atoms with Crippen molar-refractivity contribution in [1.29, 1.82) is 0 Å². The van der Waals surface area contributed by atoms with Crippen molar-refractivity contribution in [1.82, 2.24) is 0 Å². The van der Waals surface area contributed by atoms with Crippen molar-refractivity contribution in [3.05, 3.63) is 35.4 Å². The van der Waals surface area contributed by atoms with Crippen molar-refractivity contribution in [3.8, 4) is 0 Å². The molecule has 1 rings (SSSR count). The van der Waals surface area contributed by atoms with E-state index in [9.17, 15) is 4.79 Å². The van der Waals surface area contributed by atoms with Crippen LogP contribution in [0, 0.1) is 0 Å². The summed E-state index contributed by atoms with van der Waals surface area (Å²) < 4.78 is 5.30. The highest BCUT2D eigenvalue weighted by Gasteiger charge is 2.31. The van der Waals surface area contributed by atoms with Crippen LogP contribution < -0.4 is 0 Å². The van der Waals surface area contributed by atoms with Crippen molar-refractivity contribution in [2.24, 2.45) is 0 Å². The topological polar surface area (TPSA) is 46.5 Å². The zero-order valence-electron chi connectivity index (χ0n) is 12.1. The van der Waals surface area contributed by atoms with Gasteiger partial charge in [0.1, 0.15) is 0 Å². The molecule has 0 saturated carbocycles. The average Bonchev–Trinajstić information content (AvgIpc) is 2.40. The van der Waals surface area contributed by atoms with Crippen molar-refractivity contribution in [2.45, 2.75) is 45.4 Å². The first-order valence-corrected chi connectivity index (χ1v) is 6.90. The van der Waals surface area contributed by atoms with Gasteiger partial charge in [-0.05, 0) is 37.8 Å². The van der Waals surface area contributed by atoms with E-state index in [1.807, 2.05) is 38.1 Å². The SMILES string of the molecule is CCCCOC(=O)C(C)(C)c1ccc(CCO)cc1. The highest BCUT2D eigenvalue weighted by molar-refractivity contribution is 5.82. The van der Waals surface area contributed by atoms with Crippen LogP contribution in [0.3, 0.4) is 0 Å². The minimum atomic E-state index is -0.633. The van der Waals surface area contributed by atoms with Crippen LogP contribution in [0.25, 0.3) is 0 Å². The van der Waals surface area contributed by atoms with Gasteiger partial charge in [-0.15, -0.1) is 0 Å². The molecule has 0 amide bonds. The molecule has 19 heavy (non-hydrogen) atoms. The Labute approximate surface area is 115 Å². The second-order valence-corrected chi connectivity index (χ2v) is 5.29. The van der Waals surface area contributed by atoms with Crippen LogP contribution in [-0.4, -0.2) is 24.3 Å². The molecule has 0 radical (unpaired) electrons. The molecule has 1 aromatic rings. The standard InChI is InChI=1S/C16H24O3/c1-4-5-12-19-15(18)16(2,3)14-8-6-13(7-9-14)10-11-17/h6-9,17H,4-5,10-12H2,1-3H3. The number of carbonyl (C=O) groups excluding carboxylic acids is 1. The monoisotopic (exact) mass is 264 g/mol. The molecule has 0 spiro atoms. The fourth-order valence-corrected chi connectivity index (χ4v) is 1.82. The minimum absolute atomic E-state index is 0.141. The largest absolute Gasteiger partial charge is 0.465 e. The number of ether oxygens (including phenoxy) is 1. The zero-order chi connectivity index (χ0) is 14.3. The molecule has 0 aliphatic rings. The molecule has 1 aromatic carbocycles. The first-order valence-electron chi connectivity index (χ1n) is 6.90. The van der Waals surface area contributed by atoms with Crippen LogP contribution in [0.15, 0.2) is 24.3 Å². The van der Waals surface area contributed by atoms with Gasteiger partial charge in [-0.1, -0.05) is 37.6 Å². The van der Waals surface area contributed by atoms with E-state index in [-0.39, 0.29) is 12.6 Å². The molecule has 106 valence electrons. The Bertz CT molecular complexity index is 393. The van der Waals surface area contributed by atoms with E-state index in [1.54, 1.807) is 0 Å². The molecule has 0 bridgehead atoms. The molecular formula is C16H24O3. The highest BCUT2D eigenvalue weighted by atomic mass is 16.5. The van der Waals surface area contributed by atoms with E-state index >= 15 is 0 Å². The predicted molar refractivity (Wildman–Crippen MR) is 76.1 cm³/mol. The lowest BCUT2D eigenvalue weighted by Gasteiger charge is -2.23. The van der Waals surface area contributed by atoms with Crippen molar-refractivity contribution < 1.29 is 14.6 Å². The van der Waals surface area contributed by atoms with Crippen molar-refractivity contribution in [2.75, 3.05) is 13.2 Å². The van der Waals surface area contributed by atoms with Crippen LogP contribution in [0.2, 0.25) is 0 Å². The second-order valence-electron chi connectivity index (χ2n) is 5.29. The molecule has 0 heterocycles. The number of esters is 1. The Kier molecular flexibility index (Phi) is 6.03. The summed E-state index contributed by atoms with van der Waals surface area (Å²) in [6.07, 6.45) is 2.56. The minimum Gasteiger partial charge on any atom is -0.465 e. The first kappa shape index (κ1) is 15.7. The van der Waals surface area contributed by atoms with E-state index in [1.165, 1.54) is 0 Å². The highest BCUT2D eigenvalue weighted by Crippen LogP contribution is 2.25. The lowest BCUT2D eigenvalue weighted by molar-refractivity contribution is -0.149. The number of hydrogen-bond donors (Lipinski definition) is 1. The summed E-state index contributed by atoms with van der Waals surface area (Å²) in [7, 11) is 0. The van der Waals surface area contributed by atoms with E-state index < -0.39 is 5.41 Å². The van der Waals surface area contributed by atoms with Crippen LogP contribution in [0.1, 0.15) is 44.7 Å². The molecule has 0 aliphatic heterocycles.